The van der Waals surface area contributed by atoms with Crippen molar-refractivity contribution in [2.24, 2.45) is 0 Å². The van der Waals surface area contributed by atoms with Gasteiger partial charge in [-0.15, -0.1) is 0 Å². The molecule has 2 aromatic carbocycles. The van der Waals surface area contributed by atoms with E-state index in [1.54, 1.807) is 31.4 Å². The van der Waals surface area contributed by atoms with E-state index in [0.717, 1.165) is 37.6 Å². The van der Waals surface area contributed by atoms with Crippen molar-refractivity contribution in [1.82, 2.24) is 15.1 Å². The molecule has 2 aliphatic heterocycles. The molecule has 2 N–H and O–H groups in total. The molecule has 10 heteroatoms. The minimum atomic E-state index is -0.839. The molecule has 9 nitrogen and oxygen atoms in total. The van der Waals surface area contributed by atoms with E-state index in [1.165, 1.54) is 4.90 Å². The third-order valence-corrected chi connectivity index (χ3v) is 6.52. The van der Waals surface area contributed by atoms with Crippen LogP contribution in [-0.4, -0.2) is 86.5 Å². The fourth-order valence-electron chi connectivity index (χ4n) is 4.42. The molecule has 0 bridgehead atoms. The first-order valence-electron chi connectivity index (χ1n) is 11.7. The van der Waals surface area contributed by atoms with Gasteiger partial charge in [-0.2, -0.15) is 0 Å². The lowest BCUT2D eigenvalue weighted by Crippen LogP contribution is -2.60. The largest absolute Gasteiger partial charge is 0.497 e. The number of piperazine rings is 2. The molecule has 2 aromatic rings. The molecule has 0 aliphatic carbocycles. The molecule has 3 amide bonds. The van der Waals surface area contributed by atoms with Gasteiger partial charge < -0.3 is 25.2 Å². The number of rotatable bonds is 7. The zero-order chi connectivity index (χ0) is 24.8. The third kappa shape index (κ3) is 6.43. The summed E-state index contributed by atoms with van der Waals surface area (Å²) in [4.78, 5) is 44.2. The number of carbonyl (C=O) groups excluding carboxylic acids is 3. The summed E-state index contributed by atoms with van der Waals surface area (Å²) in [7, 11) is 1.65. The molecule has 2 aliphatic rings. The molecule has 186 valence electrons. The number of benzene rings is 2. The lowest BCUT2D eigenvalue weighted by atomic mass is 10.1. The fourth-order valence-corrected chi connectivity index (χ4v) is 4.61. The van der Waals surface area contributed by atoms with Gasteiger partial charge in [0.05, 0.1) is 20.1 Å². The van der Waals surface area contributed by atoms with Gasteiger partial charge in [-0.25, -0.2) is 0 Å². The maximum Gasteiger partial charge on any atom is 0.243 e. The molecular formula is C25H30ClN5O4. The second-order valence-corrected chi connectivity index (χ2v) is 9.06. The summed E-state index contributed by atoms with van der Waals surface area (Å²) in [5, 5.41) is 6.02. The molecule has 0 saturated carbocycles. The highest BCUT2D eigenvalue weighted by atomic mass is 35.5. The van der Waals surface area contributed by atoms with Gasteiger partial charge in [0.25, 0.3) is 0 Å². The normalized spacial score (nSPS) is 18.7. The van der Waals surface area contributed by atoms with E-state index in [1.807, 2.05) is 18.2 Å². The molecule has 2 saturated heterocycles. The van der Waals surface area contributed by atoms with Gasteiger partial charge in [-0.3, -0.25) is 19.3 Å². The second-order valence-electron chi connectivity index (χ2n) is 8.62. The van der Waals surface area contributed by atoms with Crippen LogP contribution in [0.15, 0.2) is 48.5 Å². The van der Waals surface area contributed by atoms with Crippen molar-refractivity contribution in [3.05, 3.63) is 53.6 Å². The Bertz CT molecular complexity index is 1070. The summed E-state index contributed by atoms with van der Waals surface area (Å²) in [6.07, 6.45) is -0.117. The quantitative estimate of drug-likeness (QED) is 0.603. The molecule has 0 unspecified atom stereocenters. The van der Waals surface area contributed by atoms with Crippen LogP contribution in [0.4, 0.5) is 11.4 Å². The Labute approximate surface area is 210 Å². The summed E-state index contributed by atoms with van der Waals surface area (Å²) in [5.41, 5.74) is 1.64. The minimum absolute atomic E-state index is 0.117. The SMILES string of the molecule is COc1cccc(N2CCN(CC(=O)N3CCNC(=O)[C@@H]3CC(=O)Nc3cccc(Cl)c3)CC2)c1. The molecule has 0 spiro atoms. The van der Waals surface area contributed by atoms with Gasteiger partial charge in [0.15, 0.2) is 0 Å². The number of methoxy groups -OCH3 is 1. The van der Waals surface area contributed by atoms with Crippen LogP contribution in [0.3, 0.4) is 0 Å². The number of hydrogen-bond donors (Lipinski definition) is 2. The number of hydrogen-bond acceptors (Lipinski definition) is 6. The molecular weight excluding hydrogens is 470 g/mol. The van der Waals surface area contributed by atoms with Crippen molar-refractivity contribution < 1.29 is 19.1 Å². The van der Waals surface area contributed by atoms with Crippen molar-refractivity contribution in [2.45, 2.75) is 12.5 Å². The van der Waals surface area contributed by atoms with Gasteiger partial charge in [-0.05, 0) is 30.3 Å². The topological polar surface area (TPSA) is 94.2 Å². The van der Waals surface area contributed by atoms with Gasteiger partial charge in [0.1, 0.15) is 11.8 Å². The van der Waals surface area contributed by atoms with Crippen LogP contribution in [0.2, 0.25) is 5.02 Å². The Morgan fingerprint density at radius 2 is 1.86 bits per heavy atom. The van der Waals surface area contributed by atoms with E-state index in [2.05, 4.69) is 26.5 Å². The molecule has 1 atom stereocenters. The van der Waals surface area contributed by atoms with E-state index < -0.39 is 6.04 Å². The van der Waals surface area contributed by atoms with E-state index in [0.29, 0.717) is 23.8 Å². The first kappa shape index (κ1) is 24.8. The van der Waals surface area contributed by atoms with E-state index in [-0.39, 0.29) is 30.7 Å². The summed E-state index contributed by atoms with van der Waals surface area (Å²) < 4.78 is 5.32. The molecule has 0 radical (unpaired) electrons. The standard InChI is InChI=1S/C25H30ClN5O4/c1-35-21-7-3-6-20(15-21)30-12-10-29(11-13-30)17-24(33)31-9-8-27-25(34)22(31)16-23(32)28-19-5-2-4-18(26)14-19/h2-7,14-15,22H,8-13,16-17H2,1H3,(H,27,34)(H,28,32)/t22-/m0/s1. The number of halogens is 1. The van der Waals surface area contributed by atoms with Crippen molar-refractivity contribution in [1.29, 1.82) is 0 Å². The smallest absolute Gasteiger partial charge is 0.243 e. The van der Waals surface area contributed by atoms with Crippen molar-refractivity contribution in [3.63, 3.8) is 0 Å². The van der Waals surface area contributed by atoms with Crippen molar-refractivity contribution >= 4 is 40.7 Å². The Morgan fingerprint density at radius 1 is 1.09 bits per heavy atom. The molecule has 35 heavy (non-hydrogen) atoms. The van der Waals surface area contributed by atoms with Crippen LogP contribution < -0.4 is 20.3 Å². The van der Waals surface area contributed by atoms with Crippen molar-refractivity contribution in [3.8, 4) is 5.75 Å². The average molecular weight is 500 g/mol. The van der Waals surface area contributed by atoms with E-state index in [9.17, 15) is 14.4 Å². The summed E-state index contributed by atoms with van der Waals surface area (Å²) in [6, 6.07) is 13.9. The highest BCUT2D eigenvalue weighted by molar-refractivity contribution is 6.30. The Kier molecular flexibility index (Phi) is 8.09. The van der Waals surface area contributed by atoms with Crippen molar-refractivity contribution in [2.75, 3.05) is 63.1 Å². The number of nitrogens with one attached hydrogen (secondary N) is 2. The summed E-state index contributed by atoms with van der Waals surface area (Å²) in [5.74, 6) is 0.0110. The number of nitrogens with zero attached hydrogens (tertiary/aromatic N) is 3. The minimum Gasteiger partial charge on any atom is -0.497 e. The lowest BCUT2D eigenvalue weighted by Gasteiger charge is -2.39. The van der Waals surface area contributed by atoms with Crippen LogP contribution in [0.5, 0.6) is 5.75 Å². The Hall–Kier alpha value is -3.30. The highest BCUT2D eigenvalue weighted by Gasteiger charge is 2.35. The Balaban J connectivity index is 1.32. The molecule has 2 heterocycles. The zero-order valence-corrected chi connectivity index (χ0v) is 20.5. The fraction of sp³-hybridized carbons (Fsp3) is 0.400. The predicted octanol–water partition coefficient (Wildman–Crippen LogP) is 1.83. The second kappa shape index (κ2) is 11.4. The van der Waals surface area contributed by atoms with Gasteiger partial charge in [0, 0.05) is 61.7 Å². The van der Waals surface area contributed by atoms with Gasteiger partial charge in [-0.1, -0.05) is 23.7 Å². The maximum atomic E-state index is 13.2. The number of anilines is 2. The first-order valence-corrected chi connectivity index (χ1v) is 12.0. The van der Waals surface area contributed by atoms with Crippen LogP contribution in [-0.2, 0) is 14.4 Å². The van der Waals surface area contributed by atoms with Gasteiger partial charge >= 0.3 is 0 Å². The molecule has 0 aromatic heterocycles. The maximum absolute atomic E-state index is 13.2. The monoisotopic (exact) mass is 499 g/mol. The molecule has 4 rings (SSSR count). The van der Waals surface area contributed by atoms with Gasteiger partial charge in [0.2, 0.25) is 17.7 Å². The average Bonchev–Trinajstić information content (AvgIpc) is 2.85. The highest BCUT2D eigenvalue weighted by Crippen LogP contribution is 2.22. The Morgan fingerprint density at radius 3 is 2.60 bits per heavy atom. The predicted molar refractivity (Wildman–Crippen MR) is 135 cm³/mol. The van der Waals surface area contributed by atoms with Crippen LogP contribution in [0, 0.1) is 0 Å². The zero-order valence-electron chi connectivity index (χ0n) is 19.7. The third-order valence-electron chi connectivity index (χ3n) is 6.29. The number of amides is 3. The molecule has 2 fully saturated rings. The van der Waals surface area contributed by atoms with E-state index in [4.69, 9.17) is 16.3 Å². The number of ether oxygens (including phenoxy) is 1. The number of carbonyl (C=O) groups is 3. The summed E-state index contributed by atoms with van der Waals surface area (Å²) >= 11 is 5.98. The van der Waals surface area contributed by atoms with Crippen LogP contribution >= 0.6 is 11.6 Å². The lowest BCUT2D eigenvalue weighted by molar-refractivity contribution is -0.145. The first-order chi connectivity index (χ1) is 16.9. The van der Waals surface area contributed by atoms with E-state index >= 15 is 0 Å². The van der Waals surface area contributed by atoms with Crippen LogP contribution in [0.25, 0.3) is 0 Å². The summed E-state index contributed by atoms with van der Waals surface area (Å²) in [6.45, 7) is 3.99. The van der Waals surface area contributed by atoms with Crippen LogP contribution in [0.1, 0.15) is 6.42 Å².